The zero-order chi connectivity index (χ0) is 25.6. The van der Waals surface area contributed by atoms with Crippen molar-refractivity contribution in [2.24, 2.45) is 11.7 Å². The average molecular weight is 510 g/mol. The van der Waals surface area contributed by atoms with Crippen LogP contribution in [0.1, 0.15) is 49.8 Å². The molecule has 0 unspecified atom stereocenters. The first-order chi connectivity index (χ1) is 17.3. The summed E-state index contributed by atoms with van der Waals surface area (Å²) in [5.41, 5.74) is 8.79. The van der Waals surface area contributed by atoms with Gasteiger partial charge in [-0.25, -0.2) is 14.2 Å². The summed E-state index contributed by atoms with van der Waals surface area (Å²) in [5.74, 6) is 0.118. The van der Waals surface area contributed by atoms with Gasteiger partial charge in [0.15, 0.2) is 0 Å². The Hall–Kier alpha value is -3.30. The Balaban J connectivity index is 0.000000186. The van der Waals surface area contributed by atoms with Crippen LogP contribution < -0.4 is 10.5 Å². The Morgan fingerprint density at radius 3 is 2.75 bits per heavy atom. The highest BCUT2D eigenvalue weighted by atomic mass is 32.1. The number of thiazole rings is 1. The number of piperidine rings is 1. The Morgan fingerprint density at radius 1 is 1.22 bits per heavy atom. The van der Waals surface area contributed by atoms with E-state index in [1.807, 2.05) is 17.9 Å². The van der Waals surface area contributed by atoms with Gasteiger partial charge in [-0.05, 0) is 61.9 Å². The Kier molecular flexibility index (Phi) is 6.53. The molecule has 1 saturated heterocycles. The van der Waals surface area contributed by atoms with Crippen LogP contribution in [-0.4, -0.2) is 52.1 Å². The standard InChI is InChI=1S/C18H20FN3OS.C9H8O3/c1-9-13(4-3-5-14(9)19)17-16(21-10(2)24-17)18(23)22-12(8-20)6-11-7-15(11)22;10-9(11)7-2-1-3-8-6(7)4-5-12-8/h3-5,11-12,15H,6-8,20H2,1-2H3;1-3H,4-5H2,(H,10,11)/t11-,12+,15+;/m1./s1. The largest absolute Gasteiger partial charge is 0.493 e. The van der Waals surface area contributed by atoms with Crippen LogP contribution in [0.15, 0.2) is 36.4 Å². The zero-order valence-corrected chi connectivity index (χ0v) is 21.0. The maximum atomic E-state index is 14.0. The van der Waals surface area contributed by atoms with Crippen LogP contribution in [0.5, 0.6) is 5.75 Å². The first-order valence-corrected chi connectivity index (χ1v) is 12.9. The molecule has 3 aliphatic rings. The number of hydrogen-bond donors (Lipinski definition) is 2. The average Bonchev–Trinajstić information content (AvgIpc) is 3.19. The van der Waals surface area contributed by atoms with Gasteiger partial charge in [-0.15, -0.1) is 11.3 Å². The van der Waals surface area contributed by atoms with Crippen molar-refractivity contribution in [3.05, 3.63) is 69.6 Å². The van der Waals surface area contributed by atoms with Gasteiger partial charge in [-0.3, -0.25) is 4.79 Å². The number of aromatic nitrogens is 1. The Labute approximate surface area is 212 Å². The molecule has 36 heavy (non-hydrogen) atoms. The number of carbonyl (C=O) groups is 2. The van der Waals surface area contributed by atoms with Crippen molar-refractivity contribution in [2.75, 3.05) is 13.2 Å². The third-order valence-corrected chi connectivity index (χ3v) is 8.14. The molecule has 3 aromatic rings. The summed E-state index contributed by atoms with van der Waals surface area (Å²) in [7, 11) is 0. The van der Waals surface area contributed by atoms with E-state index in [0.717, 1.165) is 39.6 Å². The van der Waals surface area contributed by atoms with Gasteiger partial charge >= 0.3 is 5.97 Å². The number of likely N-dealkylation sites (tertiary alicyclic amines) is 1. The fourth-order valence-electron chi connectivity index (χ4n) is 5.24. The third-order valence-electron chi connectivity index (χ3n) is 7.14. The Bertz CT molecular complexity index is 1340. The topological polar surface area (TPSA) is 106 Å². The van der Waals surface area contributed by atoms with E-state index < -0.39 is 5.97 Å². The number of aromatic carboxylic acids is 1. The number of halogens is 1. The van der Waals surface area contributed by atoms with E-state index in [2.05, 4.69) is 4.98 Å². The maximum Gasteiger partial charge on any atom is 0.336 e. The second-order valence-electron chi connectivity index (χ2n) is 9.41. The van der Waals surface area contributed by atoms with Gasteiger partial charge < -0.3 is 20.5 Å². The lowest BCUT2D eigenvalue weighted by Crippen LogP contribution is -2.42. The molecular weight excluding hydrogens is 481 g/mol. The van der Waals surface area contributed by atoms with Crippen LogP contribution in [0.4, 0.5) is 4.39 Å². The van der Waals surface area contributed by atoms with Crippen LogP contribution in [-0.2, 0) is 6.42 Å². The van der Waals surface area contributed by atoms with E-state index in [1.54, 1.807) is 31.2 Å². The smallest absolute Gasteiger partial charge is 0.336 e. The summed E-state index contributed by atoms with van der Waals surface area (Å²) in [6.07, 6.45) is 2.77. The first-order valence-electron chi connectivity index (χ1n) is 12.0. The molecule has 1 amide bonds. The fraction of sp³-hybridized carbons (Fsp3) is 0.370. The molecular formula is C27H28FN3O4S. The minimum atomic E-state index is -0.877. The molecule has 1 aromatic heterocycles. The molecule has 1 saturated carbocycles. The van der Waals surface area contributed by atoms with Crippen molar-refractivity contribution < 1.29 is 23.8 Å². The van der Waals surface area contributed by atoms with E-state index in [9.17, 15) is 14.0 Å². The van der Waals surface area contributed by atoms with E-state index in [1.165, 1.54) is 17.4 Å². The number of carboxylic acids is 1. The molecule has 2 aromatic carbocycles. The van der Waals surface area contributed by atoms with Gasteiger partial charge in [0.2, 0.25) is 0 Å². The van der Waals surface area contributed by atoms with Crippen molar-refractivity contribution in [1.29, 1.82) is 0 Å². The van der Waals surface area contributed by atoms with Crippen LogP contribution in [0.2, 0.25) is 0 Å². The molecule has 1 aliphatic carbocycles. The predicted octanol–water partition coefficient (Wildman–Crippen LogP) is 4.45. The number of fused-ring (bicyclic) bond motifs is 2. The molecule has 188 valence electrons. The molecule has 3 atom stereocenters. The molecule has 0 bridgehead atoms. The number of amides is 1. The zero-order valence-electron chi connectivity index (χ0n) is 20.2. The Morgan fingerprint density at radius 2 is 2.00 bits per heavy atom. The highest BCUT2D eigenvalue weighted by molar-refractivity contribution is 7.15. The van der Waals surface area contributed by atoms with E-state index in [0.29, 0.717) is 48.4 Å². The molecule has 2 aliphatic heterocycles. The quantitative estimate of drug-likeness (QED) is 0.538. The van der Waals surface area contributed by atoms with Gasteiger partial charge in [0.05, 0.1) is 22.1 Å². The van der Waals surface area contributed by atoms with Crippen molar-refractivity contribution in [3.63, 3.8) is 0 Å². The second kappa shape index (κ2) is 9.63. The number of aryl methyl sites for hydroxylation is 1. The second-order valence-corrected chi connectivity index (χ2v) is 10.6. The monoisotopic (exact) mass is 509 g/mol. The number of carbonyl (C=O) groups excluding carboxylic acids is 1. The molecule has 0 radical (unpaired) electrons. The van der Waals surface area contributed by atoms with Crippen molar-refractivity contribution in [3.8, 4) is 16.2 Å². The first kappa shape index (κ1) is 24.4. The highest BCUT2D eigenvalue weighted by Gasteiger charge is 2.54. The minimum Gasteiger partial charge on any atom is -0.493 e. The number of ether oxygens (including phenoxy) is 1. The van der Waals surface area contributed by atoms with Gasteiger partial charge in [0.1, 0.15) is 17.3 Å². The number of benzene rings is 2. The third kappa shape index (κ3) is 4.37. The lowest BCUT2D eigenvalue weighted by molar-refractivity contribution is 0.0689. The summed E-state index contributed by atoms with van der Waals surface area (Å²) < 4.78 is 19.2. The molecule has 3 heterocycles. The van der Waals surface area contributed by atoms with Gasteiger partial charge in [0, 0.05) is 30.6 Å². The van der Waals surface area contributed by atoms with Crippen LogP contribution in [0.3, 0.4) is 0 Å². The summed E-state index contributed by atoms with van der Waals surface area (Å²) >= 11 is 1.44. The molecule has 3 N–H and O–H groups in total. The number of nitrogens with two attached hydrogens (primary N) is 1. The van der Waals surface area contributed by atoms with E-state index >= 15 is 0 Å². The highest BCUT2D eigenvalue weighted by Crippen LogP contribution is 2.48. The van der Waals surface area contributed by atoms with Gasteiger partial charge in [-0.2, -0.15) is 0 Å². The fourth-order valence-corrected chi connectivity index (χ4v) is 6.23. The van der Waals surface area contributed by atoms with E-state index in [-0.39, 0.29) is 17.8 Å². The lowest BCUT2D eigenvalue weighted by atomic mass is 10.0. The number of hydrogen-bond acceptors (Lipinski definition) is 6. The van der Waals surface area contributed by atoms with Crippen molar-refractivity contribution >= 4 is 23.2 Å². The predicted molar refractivity (Wildman–Crippen MR) is 135 cm³/mol. The van der Waals surface area contributed by atoms with Gasteiger partial charge in [0.25, 0.3) is 5.91 Å². The summed E-state index contributed by atoms with van der Waals surface area (Å²) in [6, 6.07) is 10.5. The van der Waals surface area contributed by atoms with Crippen LogP contribution in [0.25, 0.3) is 10.4 Å². The normalized spacial score (nSPS) is 21.2. The summed E-state index contributed by atoms with van der Waals surface area (Å²) in [4.78, 5) is 31.1. The molecule has 2 fully saturated rings. The summed E-state index contributed by atoms with van der Waals surface area (Å²) in [5, 5.41) is 9.61. The SMILES string of the molecule is Cc1nc(C(=O)N2[C@H](CN)C[C@@H]3C[C@@H]32)c(-c2cccc(F)c2C)s1.O=C(O)c1cccc2c1CCO2. The van der Waals surface area contributed by atoms with Crippen LogP contribution in [0, 0.1) is 25.6 Å². The number of rotatable bonds is 4. The number of carboxylic acid groups (broad SMARTS) is 1. The van der Waals surface area contributed by atoms with Crippen LogP contribution >= 0.6 is 11.3 Å². The van der Waals surface area contributed by atoms with E-state index in [4.69, 9.17) is 15.6 Å². The molecule has 9 heteroatoms. The lowest BCUT2D eigenvalue weighted by Gasteiger charge is -2.26. The number of nitrogens with zero attached hydrogens (tertiary/aromatic N) is 2. The minimum absolute atomic E-state index is 0.0570. The molecule has 0 spiro atoms. The van der Waals surface area contributed by atoms with Crippen molar-refractivity contribution in [2.45, 2.75) is 45.2 Å². The molecule has 6 rings (SSSR count). The maximum absolute atomic E-state index is 14.0. The summed E-state index contributed by atoms with van der Waals surface area (Å²) in [6.45, 7) is 4.70. The molecule has 7 nitrogen and oxygen atoms in total. The van der Waals surface area contributed by atoms with Crippen molar-refractivity contribution in [1.82, 2.24) is 9.88 Å². The van der Waals surface area contributed by atoms with Gasteiger partial charge in [-0.1, -0.05) is 18.2 Å².